The van der Waals surface area contributed by atoms with Crippen molar-refractivity contribution in [3.05, 3.63) is 144 Å². The minimum atomic E-state index is -0.550. The van der Waals surface area contributed by atoms with Crippen LogP contribution in [0, 0.1) is 0 Å². The molecule has 0 saturated carbocycles. The highest BCUT2D eigenvalue weighted by Crippen LogP contribution is 2.32. The van der Waals surface area contributed by atoms with E-state index in [0.29, 0.717) is 37.6 Å². The first-order valence-electron chi connectivity index (χ1n) is 14.0. The first-order chi connectivity index (χ1) is 20.5. The van der Waals surface area contributed by atoms with Gasteiger partial charge in [0.2, 0.25) is 0 Å². The smallest absolute Gasteiger partial charge is 0.341 e. The summed E-state index contributed by atoms with van der Waals surface area (Å²) >= 11 is 0. The summed E-state index contributed by atoms with van der Waals surface area (Å²) in [6.45, 7) is 6.82. The van der Waals surface area contributed by atoms with E-state index in [0.717, 1.165) is 23.2 Å². The molecule has 0 unspecified atom stereocenters. The number of carbonyl (C=O) groups excluding carboxylic acids is 2. The van der Waals surface area contributed by atoms with E-state index in [1.165, 1.54) is 12.7 Å². The number of allylic oxidation sites excluding steroid dienone is 1. The molecule has 0 bridgehead atoms. The molecule has 4 aromatic carbocycles. The molecule has 0 spiro atoms. The molecule has 1 aliphatic heterocycles. The number of urea groups is 1. The SMILES string of the molecule is C=C(Cc1ccccc1)N1CCN(C(=O)Nc2ccc(OC(c3ccccc3)c3ccccc3)c(C(=O)OC)c2)CC1. The largest absolute Gasteiger partial charge is 0.480 e. The molecule has 7 heteroatoms. The van der Waals surface area contributed by atoms with E-state index in [1.807, 2.05) is 78.9 Å². The zero-order chi connectivity index (χ0) is 29.3. The minimum Gasteiger partial charge on any atom is -0.480 e. The highest BCUT2D eigenvalue weighted by Gasteiger charge is 2.24. The van der Waals surface area contributed by atoms with Crippen LogP contribution in [0.4, 0.5) is 10.5 Å². The molecule has 1 aliphatic rings. The highest BCUT2D eigenvalue weighted by atomic mass is 16.5. The Labute approximate surface area is 247 Å². The zero-order valence-electron chi connectivity index (χ0n) is 23.7. The molecule has 42 heavy (non-hydrogen) atoms. The minimum absolute atomic E-state index is 0.223. The Morgan fingerprint density at radius 2 is 1.33 bits per heavy atom. The van der Waals surface area contributed by atoms with Gasteiger partial charge in [-0.15, -0.1) is 0 Å². The quantitative estimate of drug-likeness (QED) is 0.235. The Hall–Kier alpha value is -5.04. The molecule has 0 aliphatic carbocycles. The van der Waals surface area contributed by atoms with E-state index in [2.05, 4.69) is 28.9 Å². The van der Waals surface area contributed by atoms with Crippen molar-refractivity contribution in [3.8, 4) is 5.75 Å². The van der Waals surface area contributed by atoms with Gasteiger partial charge in [0.05, 0.1) is 7.11 Å². The van der Waals surface area contributed by atoms with Crippen molar-refractivity contribution in [2.45, 2.75) is 12.5 Å². The lowest BCUT2D eigenvalue weighted by Gasteiger charge is -2.37. The van der Waals surface area contributed by atoms with Gasteiger partial charge in [-0.3, -0.25) is 0 Å². The highest BCUT2D eigenvalue weighted by molar-refractivity contribution is 5.96. The molecular formula is C35H35N3O4. The summed E-state index contributed by atoms with van der Waals surface area (Å²) in [6.07, 6.45) is 0.344. The fraction of sp³-hybridized carbons (Fsp3) is 0.200. The normalized spacial score (nSPS) is 13.0. The third kappa shape index (κ3) is 6.99. The molecule has 2 amide bonds. The van der Waals surface area contributed by atoms with Crippen molar-refractivity contribution in [3.63, 3.8) is 0 Å². The van der Waals surface area contributed by atoms with Gasteiger partial charge >= 0.3 is 12.0 Å². The summed E-state index contributed by atoms with van der Waals surface area (Å²) in [4.78, 5) is 30.0. The standard InChI is InChI=1S/C35H35N3O4/c1-26(24-27-12-6-3-7-13-27)37-20-22-38(23-21-37)35(40)36-30-18-19-32(31(25-30)34(39)41-2)42-33(28-14-8-4-9-15-28)29-16-10-5-11-17-29/h3-19,25,33H,1,20-24H2,2H3,(H,36,40). The predicted octanol–water partition coefficient (Wildman–Crippen LogP) is 6.55. The zero-order valence-corrected chi connectivity index (χ0v) is 23.7. The number of benzene rings is 4. The third-order valence-corrected chi connectivity index (χ3v) is 7.35. The molecule has 5 rings (SSSR count). The number of nitrogens with zero attached hydrogens (tertiary/aromatic N) is 2. The monoisotopic (exact) mass is 561 g/mol. The lowest BCUT2D eigenvalue weighted by Crippen LogP contribution is -2.49. The molecule has 0 aromatic heterocycles. The molecule has 214 valence electrons. The third-order valence-electron chi connectivity index (χ3n) is 7.35. The lowest BCUT2D eigenvalue weighted by molar-refractivity contribution is 0.0594. The molecule has 1 N–H and O–H groups in total. The van der Waals surface area contributed by atoms with Crippen LogP contribution >= 0.6 is 0 Å². The molecule has 1 saturated heterocycles. The first-order valence-corrected chi connectivity index (χ1v) is 14.0. The summed E-state index contributed by atoms with van der Waals surface area (Å²) in [5.41, 5.74) is 4.87. The van der Waals surface area contributed by atoms with E-state index in [4.69, 9.17) is 9.47 Å². The number of esters is 1. The Morgan fingerprint density at radius 3 is 1.90 bits per heavy atom. The first kappa shape index (κ1) is 28.5. The summed E-state index contributed by atoms with van der Waals surface area (Å²) in [5.74, 6) is -0.186. The van der Waals surface area contributed by atoms with Crippen LogP contribution in [0.1, 0.15) is 33.2 Å². The van der Waals surface area contributed by atoms with E-state index in [9.17, 15) is 9.59 Å². The molecule has 1 heterocycles. The van der Waals surface area contributed by atoms with Crippen LogP contribution in [-0.4, -0.2) is 55.1 Å². The van der Waals surface area contributed by atoms with Crippen molar-refractivity contribution in [2.24, 2.45) is 0 Å². The molecule has 4 aromatic rings. The summed E-state index contributed by atoms with van der Waals surface area (Å²) in [5, 5.41) is 2.94. The van der Waals surface area contributed by atoms with Crippen molar-refractivity contribution < 1.29 is 19.1 Å². The second-order valence-corrected chi connectivity index (χ2v) is 10.2. The molecule has 0 atom stereocenters. The van der Waals surface area contributed by atoms with Crippen LogP contribution in [0.3, 0.4) is 0 Å². The number of nitrogens with one attached hydrogen (secondary N) is 1. The number of piperazine rings is 1. The number of amides is 2. The summed E-state index contributed by atoms with van der Waals surface area (Å²) in [6, 6.07) is 34.7. The van der Waals surface area contributed by atoms with Crippen LogP contribution < -0.4 is 10.1 Å². The maximum absolute atomic E-state index is 13.1. The van der Waals surface area contributed by atoms with E-state index in [1.54, 1.807) is 23.1 Å². The average Bonchev–Trinajstić information content (AvgIpc) is 3.05. The number of ether oxygens (including phenoxy) is 2. The predicted molar refractivity (Wildman–Crippen MR) is 165 cm³/mol. The molecular weight excluding hydrogens is 526 g/mol. The van der Waals surface area contributed by atoms with Gasteiger partial charge in [-0.25, -0.2) is 9.59 Å². The molecule has 1 fully saturated rings. The number of rotatable bonds is 9. The lowest BCUT2D eigenvalue weighted by atomic mass is 10.0. The van der Waals surface area contributed by atoms with Gasteiger partial charge in [0.25, 0.3) is 0 Å². The number of hydrogen-bond donors (Lipinski definition) is 1. The van der Waals surface area contributed by atoms with Crippen LogP contribution in [0.15, 0.2) is 121 Å². The van der Waals surface area contributed by atoms with Crippen LogP contribution in [0.2, 0.25) is 0 Å². The van der Waals surface area contributed by atoms with Crippen molar-refractivity contribution >= 4 is 17.7 Å². The Bertz CT molecular complexity index is 1460. The Morgan fingerprint density at radius 1 is 0.786 bits per heavy atom. The number of hydrogen-bond acceptors (Lipinski definition) is 5. The molecule has 0 radical (unpaired) electrons. The van der Waals surface area contributed by atoms with Crippen LogP contribution in [0.5, 0.6) is 5.75 Å². The average molecular weight is 562 g/mol. The van der Waals surface area contributed by atoms with Gasteiger partial charge in [-0.05, 0) is 34.9 Å². The second-order valence-electron chi connectivity index (χ2n) is 10.2. The van der Waals surface area contributed by atoms with Gasteiger partial charge in [-0.1, -0.05) is 97.6 Å². The fourth-order valence-corrected chi connectivity index (χ4v) is 5.06. The van der Waals surface area contributed by atoms with Crippen molar-refractivity contribution in [1.82, 2.24) is 9.80 Å². The van der Waals surface area contributed by atoms with Gasteiger partial charge in [0.15, 0.2) is 0 Å². The molecule has 7 nitrogen and oxygen atoms in total. The summed E-state index contributed by atoms with van der Waals surface area (Å²) < 4.78 is 11.5. The van der Waals surface area contributed by atoms with Crippen molar-refractivity contribution in [1.29, 1.82) is 0 Å². The Balaban J connectivity index is 1.26. The maximum Gasteiger partial charge on any atom is 0.341 e. The van der Waals surface area contributed by atoms with Crippen LogP contribution in [-0.2, 0) is 11.2 Å². The van der Waals surface area contributed by atoms with Gasteiger partial charge in [0, 0.05) is 44.0 Å². The van der Waals surface area contributed by atoms with E-state index < -0.39 is 12.1 Å². The number of anilines is 1. The summed E-state index contributed by atoms with van der Waals surface area (Å²) in [7, 11) is 1.33. The van der Waals surface area contributed by atoms with Crippen molar-refractivity contribution in [2.75, 3.05) is 38.6 Å². The number of carbonyl (C=O) groups is 2. The second kappa shape index (κ2) is 13.5. The Kier molecular flexibility index (Phi) is 9.19. The topological polar surface area (TPSA) is 71.1 Å². The van der Waals surface area contributed by atoms with E-state index >= 15 is 0 Å². The van der Waals surface area contributed by atoms with Gasteiger partial charge < -0.3 is 24.6 Å². The van der Waals surface area contributed by atoms with Gasteiger partial charge in [0.1, 0.15) is 17.4 Å². The fourth-order valence-electron chi connectivity index (χ4n) is 5.06. The number of methoxy groups -OCH3 is 1. The van der Waals surface area contributed by atoms with Crippen LogP contribution in [0.25, 0.3) is 0 Å². The maximum atomic E-state index is 13.1. The van der Waals surface area contributed by atoms with E-state index in [-0.39, 0.29) is 11.6 Å². The van der Waals surface area contributed by atoms with Gasteiger partial charge in [-0.2, -0.15) is 0 Å².